The smallest absolute Gasteiger partial charge is 0.317 e. The molecule has 7 nitrogen and oxygen atoms in total. The lowest BCUT2D eigenvalue weighted by Gasteiger charge is -2.23. The van der Waals surface area contributed by atoms with Crippen molar-refractivity contribution in [3.63, 3.8) is 0 Å². The summed E-state index contributed by atoms with van der Waals surface area (Å²) in [6.07, 6.45) is 0.592. The van der Waals surface area contributed by atoms with Gasteiger partial charge in [0.25, 0.3) is 0 Å². The molecular weight excluding hydrogens is 358 g/mol. The molecule has 1 unspecified atom stereocenters. The van der Waals surface area contributed by atoms with Gasteiger partial charge in [-0.05, 0) is 47.9 Å². The number of anilines is 1. The number of rotatable bonds is 4. The van der Waals surface area contributed by atoms with Crippen LogP contribution in [0.2, 0.25) is 0 Å². The topological polar surface area (TPSA) is 79.9 Å². The summed E-state index contributed by atoms with van der Waals surface area (Å²) in [5.74, 6) is 1.43. The third-order valence-corrected chi connectivity index (χ3v) is 5.58. The summed E-state index contributed by atoms with van der Waals surface area (Å²) in [4.78, 5) is 27.1. The number of carbonyl (C=O) groups excluding carboxylic acids is 2. The van der Waals surface area contributed by atoms with E-state index in [1.807, 2.05) is 42.5 Å². The molecule has 0 aliphatic carbocycles. The molecule has 28 heavy (non-hydrogen) atoms. The Morgan fingerprint density at radius 2 is 1.86 bits per heavy atom. The van der Waals surface area contributed by atoms with E-state index in [0.717, 1.165) is 22.6 Å². The highest BCUT2D eigenvalue weighted by atomic mass is 16.5. The normalized spacial score (nSPS) is 20.1. The summed E-state index contributed by atoms with van der Waals surface area (Å²) in [7, 11) is 3.22. The molecule has 146 valence electrons. The first-order valence-corrected chi connectivity index (χ1v) is 9.21. The van der Waals surface area contributed by atoms with Crippen molar-refractivity contribution in [3.8, 4) is 11.5 Å². The number of hydrogen-bond acceptors (Lipinski definition) is 4. The van der Waals surface area contributed by atoms with Gasteiger partial charge in [-0.3, -0.25) is 4.79 Å². The van der Waals surface area contributed by atoms with Crippen LogP contribution in [0.1, 0.15) is 17.5 Å². The standard InChI is InChI=1S/C21H23N3O4/c1-27-15-5-3-14(4-6-15)12-22-20(26)24-10-9-21(13-24)17-11-16(28-2)7-8-18(17)23-19(21)25/h3-8,11H,9-10,12-13H2,1-2H3,(H,22,26)(H,23,25). The lowest BCUT2D eigenvalue weighted by Crippen LogP contribution is -2.42. The number of benzene rings is 2. The summed E-state index contributed by atoms with van der Waals surface area (Å²) < 4.78 is 10.5. The molecule has 2 heterocycles. The number of nitrogens with one attached hydrogen (secondary N) is 2. The minimum Gasteiger partial charge on any atom is -0.497 e. The van der Waals surface area contributed by atoms with E-state index >= 15 is 0 Å². The number of fused-ring (bicyclic) bond motifs is 2. The van der Waals surface area contributed by atoms with Gasteiger partial charge in [0, 0.05) is 25.3 Å². The predicted molar refractivity (Wildman–Crippen MR) is 105 cm³/mol. The van der Waals surface area contributed by atoms with E-state index in [1.165, 1.54) is 0 Å². The zero-order valence-corrected chi connectivity index (χ0v) is 16.0. The predicted octanol–water partition coefficient (Wildman–Crippen LogP) is 2.51. The van der Waals surface area contributed by atoms with Crippen LogP contribution in [0.5, 0.6) is 11.5 Å². The Kier molecular flexibility index (Phi) is 4.58. The first kappa shape index (κ1) is 18.2. The van der Waals surface area contributed by atoms with Crippen molar-refractivity contribution in [2.75, 3.05) is 32.6 Å². The van der Waals surface area contributed by atoms with E-state index < -0.39 is 5.41 Å². The molecule has 2 aromatic rings. The van der Waals surface area contributed by atoms with Gasteiger partial charge >= 0.3 is 6.03 Å². The molecule has 1 atom stereocenters. The molecule has 0 aromatic heterocycles. The van der Waals surface area contributed by atoms with Crippen molar-refractivity contribution in [2.45, 2.75) is 18.4 Å². The summed E-state index contributed by atoms with van der Waals surface area (Å²) in [5.41, 5.74) is 1.98. The van der Waals surface area contributed by atoms with E-state index in [9.17, 15) is 9.59 Å². The molecule has 2 aromatic carbocycles. The van der Waals surface area contributed by atoms with Crippen LogP contribution in [0.4, 0.5) is 10.5 Å². The number of ether oxygens (including phenoxy) is 2. The van der Waals surface area contributed by atoms with Crippen molar-refractivity contribution in [2.24, 2.45) is 0 Å². The summed E-state index contributed by atoms with van der Waals surface area (Å²) in [6.45, 7) is 1.30. The number of amides is 3. The van der Waals surface area contributed by atoms with Crippen LogP contribution in [0.25, 0.3) is 0 Å². The molecule has 2 N–H and O–H groups in total. The van der Waals surface area contributed by atoms with Crippen LogP contribution in [0, 0.1) is 0 Å². The van der Waals surface area contributed by atoms with Gasteiger partial charge in [-0.15, -0.1) is 0 Å². The Morgan fingerprint density at radius 1 is 1.14 bits per heavy atom. The Labute approximate surface area is 163 Å². The van der Waals surface area contributed by atoms with Gasteiger partial charge < -0.3 is 25.0 Å². The van der Waals surface area contributed by atoms with Crippen molar-refractivity contribution >= 4 is 17.6 Å². The van der Waals surface area contributed by atoms with Crippen molar-refractivity contribution in [1.82, 2.24) is 10.2 Å². The molecule has 4 rings (SSSR count). The lowest BCUT2D eigenvalue weighted by atomic mass is 9.81. The lowest BCUT2D eigenvalue weighted by molar-refractivity contribution is -0.120. The average molecular weight is 381 g/mol. The zero-order valence-electron chi connectivity index (χ0n) is 16.0. The molecule has 1 fully saturated rings. The Balaban J connectivity index is 1.45. The molecular formula is C21H23N3O4. The van der Waals surface area contributed by atoms with Crippen LogP contribution < -0.4 is 20.1 Å². The Hall–Kier alpha value is -3.22. The second-order valence-corrected chi connectivity index (χ2v) is 7.13. The van der Waals surface area contributed by atoms with Gasteiger partial charge in [-0.1, -0.05) is 12.1 Å². The quantitative estimate of drug-likeness (QED) is 0.853. The average Bonchev–Trinajstić information content (AvgIpc) is 3.29. The zero-order chi connectivity index (χ0) is 19.7. The van der Waals surface area contributed by atoms with E-state index in [-0.39, 0.29) is 11.9 Å². The maximum atomic E-state index is 12.7. The molecule has 3 amide bonds. The van der Waals surface area contributed by atoms with Gasteiger partial charge in [0.2, 0.25) is 5.91 Å². The SMILES string of the molecule is COc1ccc(CNC(=O)N2CCC3(C2)C(=O)Nc2ccc(OC)cc23)cc1. The summed E-state index contributed by atoms with van der Waals surface area (Å²) >= 11 is 0. The molecule has 1 saturated heterocycles. The Bertz CT molecular complexity index is 912. The molecule has 0 radical (unpaired) electrons. The molecule has 0 saturated carbocycles. The van der Waals surface area contributed by atoms with E-state index in [2.05, 4.69) is 10.6 Å². The number of hydrogen-bond donors (Lipinski definition) is 2. The van der Waals surface area contributed by atoms with E-state index in [4.69, 9.17) is 9.47 Å². The van der Waals surface area contributed by atoms with Crippen molar-refractivity contribution in [3.05, 3.63) is 53.6 Å². The van der Waals surface area contributed by atoms with Crippen LogP contribution >= 0.6 is 0 Å². The van der Waals surface area contributed by atoms with Crippen molar-refractivity contribution in [1.29, 1.82) is 0 Å². The number of methoxy groups -OCH3 is 2. The van der Waals surface area contributed by atoms with Crippen LogP contribution in [-0.4, -0.2) is 44.1 Å². The van der Waals surface area contributed by atoms with Crippen molar-refractivity contribution < 1.29 is 19.1 Å². The minimum atomic E-state index is -0.707. The fraction of sp³-hybridized carbons (Fsp3) is 0.333. The first-order chi connectivity index (χ1) is 13.6. The third kappa shape index (κ3) is 3.02. The minimum absolute atomic E-state index is 0.0544. The fourth-order valence-electron chi connectivity index (χ4n) is 3.94. The molecule has 2 aliphatic rings. The van der Waals surface area contributed by atoms with Gasteiger partial charge in [-0.25, -0.2) is 4.79 Å². The number of urea groups is 1. The van der Waals surface area contributed by atoms with Gasteiger partial charge in [0.15, 0.2) is 0 Å². The summed E-state index contributed by atoms with van der Waals surface area (Å²) in [5, 5.41) is 5.88. The maximum Gasteiger partial charge on any atom is 0.317 e. The highest BCUT2D eigenvalue weighted by Gasteiger charge is 2.52. The molecule has 1 spiro atoms. The number of carbonyl (C=O) groups is 2. The van der Waals surface area contributed by atoms with Crippen LogP contribution in [0.15, 0.2) is 42.5 Å². The number of nitrogens with zero attached hydrogens (tertiary/aromatic N) is 1. The van der Waals surface area contributed by atoms with E-state index in [0.29, 0.717) is 31.8 Å². The Morgan fingerprint density at radius 3 is 2.57 bits per heavy atom. The monoisotopic (exact) mass is 381 g/mol. The van der Waals surface area contributed by atoms with Crippen LogP contribution in [-0.2, 0) is 16.8 Å². The highest BCUT2D eigenvalue weighted by molar-refractivity contribution is 6.07. The summed E-state index contributed by atoms with van der Waals surface area (Å²) in [6, 6.07) is 13.0. The van der Waals surface area contributed by atoms with Crippen LogP contribution in [0.3, 0.4) is 0 Å². The fourth-order valence-corrected chi connectivity index (χ4v) is 3.94. The molecule has 7 heteroatoms. The van der Waals surface area contributed by atoms with Gasteiger partial charge in [-0.2, -0.15) is 0 Å². The second kappa shape index (κ2) is 7.07. The van der Waals surface area contributed by atoms with E-state index in [1.54, 1.807) is 19.1 Å². The molecule has 0 bridgehead atoms. The number of likely N-dealkylation sites (tertiary alicyclic amines) is 1. The molecule has 2 aliphatic heterocycles. The second-order valence-electron chi connectivity index (χ2n) is 7.13. The maximum absolute atomic E-state index is 12.7. The highest BCUT2D eigenvalue weighted by Crippen LogP contribution is 2.45. The third-order valence-electron chi connectivity index (χ3n) is 5.58. The van der Waals surface area contributed by atoms with Gasteiger partial charge in [0.1, 0.15) is 11.5 Å². The largest absolute Gasteiger partial charge is 0.497 e. The first-order valence-electron chi connectivity index (χ1n) is 9.21. The van der Waals surface area contributed by atoms with Gasteiger partial charge in [0.05, 0.1) is 19.6 Å².